The lowest BCUT2D eigenvalue weighted by Crippen LogP contribution is -2.31. The molecule has 0 heterocycles. The van der Waals surface area contributed by atoms with Gasteiger partial charge >= 0.3 is 5.97 Å². The Morgan fingerprint density at radius 2 is 1.94 bits per heavy atom. The minimum Gasteiger partial charge on any atom is -0.481 e. The van der Waals surface area contributed by atoms with Gasteiger partial charge in [0.1, 0.15) is 5.78 Å². The lowest BCUT2D eigenvalue weighted by Gasteiger charge is -2.26. The number of carbonyl (C=O) groups is 2. The molecule has 0 amide bonds. The van der Waals surface area contributed by atoms with Crippen molar-refractivity contribution in [3.63, 3.8) is 0 Å². The fraction of sp³-hybridized carbons (Fsp3) is 0.556. The fourth-order valence-corrected chi connectivity index (χ4v) is 4.79. The summed E-state index contributed by atoms with van der Waals surface area (Å²) in [5.41, 5.74) is 1.16. The number of unbranched alkanes of at least 4 members (excludes halogenated alkanes) is 2. The number of Topliss-reactive ketones (excluding diaryl/α,β-unsaturated/α-hetero) is 1. The summed E-state index contributed by atoms with van der Waals surface area (Å²) in [6, 6.07) is 10.1. The molecule has 31 heavy (non-hydrogen) atoms. The van der Waals surface area contributed by atoms with Crippen LogP contribution in [-0.4, -0.2) is 28.1 Å². The minimum absolute atomic E-state index is 0.0453. The molecule has 0 aliphatic heterocycles. The van der Waals surface area contributed by atoms with Gasteiger partial charge < -0.3 is 10.2 Å². The van der Waals surface area contributed by atoms with E-state index in [1.165, 1.54) is 0 Å². The summed E-state index contributed by atoms with van der Waals surface area (Å²) in [5.74, 6) is -2.19. The summed E-state index contributed by atoms with van der Waals surface area (Å²) in [4.78, 5) is 25.1. The number of rotatable bonds is 13. The van der Waals surface area contributed by atoms with Crippen molar-refractivity contribution >= 4 is 11.8 Å². The summed E-state index contributed by atoms with van der Waals surface area (Å²) in [6.07, 6.45) is 13.2. The largest absolute Gasteiger partial charge is 0.481 e. The quantitative estimate of drug-likeness (QED) is 0.318. The number of carbonyl (C=O) groups excluding carboxylic acids is 1. The molecule has 1 aromatic rings. The maximum atomic E-state index is 13.0. The number of hydrogen-bond donors (Lipinski definition) is 2. The lowest BCUT2D eigenvalue weighted by molar-refractivity contribution is -0.147. The zero-order chi connectivity index (χ0) is 22.6. The zero-order valence-electron chi connectivity index (χ0n) is 19.0. The van der Waals surface area contributed by atoms with Gasteiger partial charge in [-0.25, -0.2) is 0 Å². The maximum absolute atomic E-state index is 13.0. The van der Waals surface area contributed by atoms with Crippen LogP contribution in [0.1, 0.15) is 64.4 Å². The van der Waals surface area contributed by atoms with E-state index in [4.69, 9.17) is 0 Å². The molecule has 0 bridgehead atoms. The average molecular weight is 427 g/mol. The van der Waals surface area contributed by atoms with Crippen molar-refractivity contribution in [1.82, 2.24) is 0 Å². The number of allylic oxidation sites excluding steroid dienone is 3. The summed E-state index contributed by atoms with van der Waals surface area (Å²) < 4.78 is 0. The Hall–Kier alpha value is -2.20. The van der Waals surface area contributed by atoms with Gasteiger partial charge in [0.25, 0.3) is 0 Å². The molecule has 170 valence electrons. The number of aliphatic hydroxyl groups excluding tert-OH is 1. The second kappa shape index (κ2) is 13.3. The van der Waals surface area contributed by atoms with Crippen LogP contribution in [0.3, 0.4) is 0 Å². The number of carboxylic acid groups (broad SMARTS) is 1. The van der Waals surface area contributed by atoms with Crippen molar-refractivity contribution < 1.29 is 19.8 Å². The highest BCUT2D eigenvalue weighted by atomic mass is 16.4. The molecule has 2 rings (SSSR count). The van der Waals surface area contributed by atoms with Crippen LogP contribution < -0.4 is 0 Å². The molecule has 5 unspecified atom stereocenters. The summed E-state index contributed by atoms with van der Waals surface area (Å²) >= 11 is 0. The van der Waals surface area contributed by atoms with Crippen molar-refractivity contribution in [2.45, 2.75) is 71.3 Å². The first-order chi connectivity index (χ1) is 15.0. The van der Waals surface area contributed by atoms with Crippen LogP contribution >= 0.6 is 0 Å². The van der Waals surface area contributed by atoms with Gasteiger partial charge in [-0.05, 0) is 50.0 Å². The molecule has 1 fully saturated rings. The highest BCUT2D eigenvalue weighted by Gasteiger charge is 2.46. The van der Waals surface area contributed by atoms with Crippen molar-refractivity contribution in [2.75, 3.05) is 0 Å². The molecule has 0 radical (unpaired) electrons. The number of carboxylic acids is 1. The molecule has 4 heteroatoms. The molecule has 1 aromatic carbocycles. The van der Waals surface area contributed by atoms with Gasteiger partial charge in [-0.2, -0.15) is 0 Å². The maximum Gasteiger partial charge on any atom is 0.307 e. The van der Waals surface area contributed by atoms with E-state index < -0.39 is 23.9 Å². The number of ketones is 1. The van der Waals surface area contributed by atoms with E-state index in [2.05, 4.69) is 19.1 Å². The van der Waals surface area contributed by atoms with Crippen LogP contribution in [0.25, 0.3) is 0 Å². The number of aliphatic hydroxyl groups is 1. The van der Waals surface area contributed by atoms with Gasteiger partial charge in [0.15, 0.2) is 0 Å². The minimum atomic E-state index is -0.898. The Morgan fingerprint density at radius 1 is 1.19 bits per heavy atom. The Morgan fingerprint density at radius 3 is 2.58 bits per heavy atom. The smallest absolute Gasteiger partial charge is 0.307 e. The van der Waals surface area contributed by atoms with Crippen molar-refractivity contribution in [1.29, 1.82) is 0 Å². The first-order valence-electron chi connectivity index (χ1n) is 11.7. The van der Waals surface area contributed by atoms with Crippen LogP contribution in [0, 0.1) is 23.7 Å². The third kappa shape index (κ3) is 7.77. The molecule has 1 aliphatic carbocycles. The standard InChI is InChI=1S/C27H38O4/c1-3-5-8-14-22(28)16-17-23-21(18-20-12-10-7-11-13-20)19-25(29)26(23)24(27(30)31)15-9-6-4-2/h4,6-7,10-13,16-17,21-24,26,28H,3,5,8-9,14-15,18-19H2,1-2H3,(H,30,31)/b6-4+,17-16+. The van der Waals surface area contributed by atoms with Crippen molar-refractivity contribution in [3.05, 3.63) is 60.2 Å². The van der Waals surface area contributed by atoms with Gasteiger partial charge in [0.2, 0.25) is 0 Å². The van der Waals surface area contributed by atoms with Gasteiger partial charge in [-0.15, -0.1) is 0 Å². The fourth-order valence-electron chi connectivity index (χ4n) is 4.79. The molecule has 0 saturated heterocycles. The highest BCUT2D eigenvalue weighted by Crippen LogP contribution is 2.43. The van der Waals surface area contributed by atoms with E-state index >= 15 is 0 Å². The van der Waals surface area contributed by atoms with Gasteiger partial charge in [0.05, 0.1) is 12.0 Å². The van der Waals surface area contributed by atoms with Crippen LogP contribution in [0.15, 0.2) is 54.6 Å². The summed E-state index contributed by atoms with van der Waals surface area (Å²) in [6.45, 7) is 4.04. The van der Waals surface area contributed by atoms with E-state index in [9.17, 15) is 19.8 Å². The monoisotopic (exact) mass is 426 g/mol. The number of benzene rings is 1. The summed E-state index contributed by atoms with van der Waals surface area (Å²) in [7, 11) is 0. The molecular formula is C27H38O4. The molecule has 5 atom stereocenters. The Bertz CT molecular complexity index is 737. The van der Waals surface area contributed by atoms with Crippen LogP contribution in [-0.2, 0) is 16.0 Å². The van der Waals surface area contributed by atoms with Crippen molar-refractivity contribution in [3.8, 4) is 0 Å². The molecule has 0 spiro atoms. The van der Waals surface area contributed by atoms with Crippen LogP contribution in [0.5, 0.6) is 0 Å². The zero-order valence-corrected chi connectivity index (χ0v) is 19.0. The predicted octanol–water partition coefficient (Wildman–Crippen LogP) is 5.61. The van der Waals surface area contributed by atoms with Crippen LogP contribution in [0.4, 0.5) is 0 Å². The summed E-state index contributed by atoms with van der Waals surface area (Å²) in [5, 5.41) is 20.3. The number of aliphatic carboxylic acids is 1. The molecular weight excluding hydrogens is 388 g/mol. The molecule has 4 nitrogen and oxygen atoms in total. The van der Waals surface area contributed by atoms with Crippen molar-refractivity contribution in [2.24, 2.45) is 23.7 Å². The van der Waals surface area contributed by atoms with E-state index in [1.54, 1.807) is 6.08 Å². The second-order valence-electron chi connectivity index (χ2n) is 8.76. The first kappa shape index (κ1) is 25.1. The Labute approximate surface area is 187 Å². The first-order valence-corrected chi connectivity index (χ1v) is 11.7. The normalized spacial score (nSPS) is 23.6. The highest BCUT2D eigenvalue weighted by molar-refractivity contribution is 5.89. The van der Waals surface area contributed by atoms with E-state index in [1.807, 2.05) is 43.4 Å². The topological polar surface area (TPSA) is 74.6 Å². The van der Waals surface area contributed by atoms with E-state index in [0.29, 0.717) is 25.7 Å². The number of hydrogen-bond acceptors (Lipinski definition) is 3. The van der Waals surface area contributed by atoms with Gasteiger partial charge in [-0.3, -0.25) is 9.59 Å². The Kier molecular flexibility index (Phi) is 10.7. The molecule has 2 N–H and O–H groups in total. The predicted molar refractivity (Wildman–Crippen MR) is 125 cm³/mol. The lowest BCUT2D eigenvalue weighted by atomic mass is 9.77. The van der Waals surface area contributed by atoms with E-state index in [0.717, 1.165) is 31.2 Å². The third-order valence-electron chi connectivity index (χ3n) is 6.42. The molecule has 0 aromatic heterocycles. The van der Waals surface area contributed by atoms with Gasteiger partial charge in [0, 0.05) is 12.3 Å². The van der Waals surface area contributed by atoms with Gasteiger partial charge in [-0.1, -0.05) is 80.8 Å². The Balaban J connectivity index is 2.24. The SMILES string of the molecule is C/C=C/CCC(C(=O)O)C1C(=O)CC(Cc2ccccc2)C1/C=C/C(O)CCCCC. The third-order valence-corrected chi connectivity index (χ3v) is 6.42. The average Bonchev–Trinajstić information content (AvgIpc) is 3.05. The molecule has 1 aliphatic rings. The molecule has 1 saturated carbocycles. The second-order valence-corrected chi connectivity index (χ2v) is 8.76. The van der Waals surface area contributed by atoms with E-state index in [-0.39, 0.29) is 17.6 Å². The van der Waals surface area contributed by atoms with Crippen LogP contribution in [0.2, 0.25) is 0 Å².